The Morgan fingerprint density at radius 2 is 2.64 bits per heavy atom. The molecule has 1 atom stereocenters. The van der Waals surface area contributed by atoms with E-state index in [0.29, 0.717) is 5.76 Å². The topological polar surface area (TPSA) is 91.0 Å². The minimum atomic E-state index is -0.327. The molecular formula is C8H10N4O2. The number of amides is 1. The standard InChI is InChI=1S/C8H10N4O2/c1-6(7-3-2-4-14-7)11-8(13)5-10-12-9/h2-4,6H,5H2,1H3,(H,11,13). The van der Waals surface area contributed by atoms with Crippen molar-refractivity contribution in [1.29, 1.82) is 0 Å². The van der Waals surface area contributed by atoms with Gasteiger partial charge in [-0.15, -0.1) is 0 Å². The van der Waals surface area contributed by atoms with Crippen LogP contribution in [0.2, 0.25) is 0 Å². The van der Waals surface area contributed by atoms with Crippen molar-refractivity contribution < 1.29 is 9.21 Å². The number of furan rings is 1. The van der Waals surface area contributed by atoms with E-state index in [1.807, 2.05) is 0 Å². The number of rotatable bonds is 4. The van der Waals surface area contributed by atoms with Crippen LogP contribution >= 0.6 is 0 Å². The average Bonchev–Trinajstić information content (AvgIpc) is 2.67. The third-order valence-electron chi connectivity index (χ3n) is 1.63. The molecule has 1 aromatic rings. The van der Waals surface area contributed by atoms with Gasteiger partial charge in [-0.1, -0.05) is 5.11 Å². The Hall–Kier alpha value is -1.94. The van der Waals surface area contributed by atoms with Crippen molar-refractivity contribution in [3.8, 4) is 0 Å². The van der Waals surface area contributed by atoms with E-state index in [4.69, 9.17) is 9.95 Å². The molecule has 0 saturated heterocycles. The van der Waals surface area contributed by atoms with Crippen LogP contribution in [-0.2, 0) is 4.79 Å². The normalized spacial score (nSPS) is 11.5. The first kappa shape index (κ1) is 10.1. The maximum absolute atomic E-state index is 11.1. The Bertz CT molecular complexity index is 340. The summed E-state index contributed by atoms with van der Waals surface area (Å²) in [4.78, 5) is 13.6. The van der Waals surface area contributed by atoms with Gasteiger partial charge in [0.05, 0.1) is 12.3 Å². The third kappa shape index (κ3) is 2.84. The largest absolute Gasteiger partial charge is 0.467 e. The molecule has 6 heteroatoms. The molecule has 0 saturated carbocycles. The summed E-state index contributed by atoms with van der Waals surface area (Å²) in [5.41, 5.74) is 7.99. The highest BCUT2D eigenvalue weighted by Crippen LogP contribution is 2.11. The molecule has 6 nitrogen and oxygen atoms in total. The van der Waals surface area contributed by atoms with Gasteiger partial charge in [-0.05, 0) is 24.6 Å². The molecule has 1 aromatic heterocycles. The van der Waals surface area contributed by atoms with Crippen molar-refractivity contribution in [2.75, 3.05) is 6.54 Å². The lowest BCUT2D eigenvalue weighted by Crippen LogP contribution is -2.28. The van der Waals surface area contributed by atoms with Gasteiger partial charge in [0.1, 0.15) is 12.3 Å². The molecule has 0 radical (unpaired) electrons. The van der Waals surface area contributed by atoms with E-state index in [2.05, 4.69) is 15.3 Å². The van der Waals surface area contributed by atoms with Crippen molar-refractivity contribution in [3.63, 3.8) is 0 Å². The number of carbonyl (C=O) groups excluding carboxylic acids is 1. The van der Waals surface area contributed by atoms with Gasteiger partial charge in [0.25, 0.3) is 0 Å². The Morgan fingerprint density at radius 1 is 1.86 bits per heavy atom. The molecule has 14 heavy (non-hydrogen) atoms. The summed E-state index contributed by atoms with van der Waals surface area (Å²) < 4.78 is 5.08. The van der Waals surface area contributed by atoms with Crippen LogP contribution in [0.5, 0.6) is 0 Å². The first-order valence-corrected chi connectivity index (χ1v) is 4.07. The summed E-state index contributed by atoms with van der Waals surface area (Å²) in [6.45, 7) is 1.59. The van der Waals surface area contributed by atoms with E-state index in [-0.39, 0.29) is 18.5 Å². The quantitative estimate of drug-likeness (QED) is 0.449. The van der Waals surface area contributed by atoms with E-state index in [0.717, 1.165) is 0 Å². The zero-order chi connectivity index (χ0) is 10.4. The number of hydrogen-bond donors (Lipinski definition) is 1. The predicted molar refractivity (Wildman–Crippen MR) is 49.3 cm³/mol. The van der Waals surface area contributed by atoms with Gasteiger partial charge < -0.3 is 9.73 Å². The van der Waals surface area contributed by atoms with Crippen molar-refractivity contribution in [3.05, 3.63) is 34.6 Å². The van der Waals surface area contributed by atoms with Crippen LogP contribution in [0.3, 0.4) is 0 Å². The summed E-state index contributed by atoms with van der Waals surface area (Å²) in [6.07, 6.45) is 1.53. The highest BCUT2D eigenvalue weighted by molar-refractivity contribution is 5.78. The third-order valence-corrected chi connectivity index (χ3v) is 1.63. The molecule has 1 unspecified atom stereocenters. The second-order valence-corrected chi connectivity index (χ2v) is 2.69. The molecule has 74 valence electrons. The highest BCUT2D eigenvalue weighted by Gasteiger charge is 2.10. The van der Waals surface area contributed by atoms with Crippen molar-refractivity contribution >= 4 is 5.91 Å². The van der Waals surface area contributed by atoms with Gasteiger partial charge >= 0.3 is 0 Å². The summed E-state index contributed by atoms with van der Waals surface area (Å²) >= 11 is 0. The maximum atomic E-state index is 11.1. The predicted octanol–water partition coefficient (Wildman–Crippen LogP) is 1.77. The lowest BCUT2D eigenvalue weighted by molar-refractivity contribution is -0.120. The second kappa shape index (κ2) is 4.94. The number of hydrogen-bond acceptors (Lipinski definition) is 3. The Morgan fingerprint density at radius 3 is 3.21 bits per heavy atom. The smallest absolute Gasteiger partial charge is 0.226 e. The lowest BCUT2D eigenvalue weighted by atomic mass is 10.2. The fourth-order valence-corrected chi connectivity index (χ4v) is 0.992. The minimum Gasteiger partial charge on any atom is -0.467 e. The molecule has 0 bridgehead atoms. The van der Waals surface area contributed by atoms with E-state index < -0.39 is 0 Å². The maximum Gasteiger partial charge on any atom is 0.226 e. The molecule has 0 aliphatic rings. The fraction of sp³-hybridized carbons (Fsp3) is 0.375. The second-order valence-electron chi connectivity index (χ2n) is 2.69. The van der Waals surface area contributed by atoms with Gasteiger partial charge in [-0.3, -0.25) is 4.79 Å². The van der Waals surface area contributed by atoms with Crippen LogP contribution in [0.25, 0.3) is 10.4 Å². The molecule has 0 aromatic carbocycles. The Labute approximate surface area is 80.5 Å². The Balaban J connectivity index is 2.44. The van der Waals surface area contributed by atoms with Crippen molar-refractivity contribution in [1.82, 2.24) is 5.32 Å². The van der Waals surface area contributed by atoms with Crippen LogP contribution in [0, 0.1) is 0 Å². The average molecular weight is 194 g/mol. The fourth-order valence-electron chi connectivity index (χ4n) is 0.992. The molecule has 0 spiro atoms. The molecule has 1 amide bonds. The lowest BCUT2D eigenvalue weighted by Gasteiger charge is -2.09. The molecular weight excluding hydrogens is 184 g/mol. The molecule has 1 heterocycles. The van der Waals surface area contributed by atoms with Crippen LogP contribution in [0.1, 0.15) is 18.7 Å². The molecule has 0 aliphatic heterocycles. The minimum absolute atomic E-state index is 0.193. The number of carbonyl (C=O) groups is 1. The zero-order valence-corrected chi connectivity index (χ0v) is 7.67. The van der Waals surface area contributed by atoms with Crippen molar-refractivity contribution in [2.24, 2.45) is 5.11 Å². The van der Waals surface area contributed by atoms with Gasteiger partial charge in [0.2, 0.25) is 5.91 Å². The van der Waals surface area contributed by atoms with Crippen LogP contribution < -0.4 is 5.32 Å². The molecule has 1 N–H and O–H groups in total. The van der Waals surface area contributed by atoms with Gasteiger partial charge in [0.15, 0.2) is 0 Å². The number of nitrogens with one attached hydrogen (secondary N) is 1. The van der Waals surface area contributed by atoms with Gasteiger partial charge in [-0.2, -0.15) is 0 Å². The van der Waals surface area contributed by atoms with Crippen LogP contribution in [0.15, 0.2) is 27.9 Å². The first-order valence-electron chi connectivity index (χ1n) is 4.07. The van der Waals surface area contributed by atoms with E-state index in [9.17, 15) is 4.79 Å². The van der Waals surface area contributed by atoms with E-state index in [1.165, 1.54) is 6.26 Å². The highest BCUT2D eigenvalue weighted by atomic mass is 16.3. The summed E-state index contributed by atoms with van der Waals surface area (Å²) in [5.74, 6) is 0.339. The SMILES string of the molecule is CC(NC(=O)CN=[N+]=[N-])c1ccco1. The zero-order valence-electron chi connectivity index (χ0n) is 7.67. The molecule has 0 fully saturated rings. The molecule has 0 aliphatic carbocycles. The summed E-state index contributed by atoms with van der Waals surface area (Å²) in [6, 6.07) is 3.29. The summed E-state index contributed by atoms with van der Waals surface area (Å²) in [7, 11) is 0. The Kier molecular flexibility index (Phi) is 3.58. The monoisotopic (exact) mass is 194 g/mol. The van der Waals surface area contributed by atoms with Crippen LogP contribution in [-0.4, -0.2) is 12.5 Å². The van der Waals surface area contributed by atoms with E-state index >= 15 is 0 Å². The first-order chi connectivity index (χ1) is 6.74. The molecule has 1 rings (SSSR count). The van der Waals surface area contributed by atoms with E-state index in [1.54, 1.807) is 19.1 Å². The number of nitrogens with zero attached hydrogens (tertiary/aromatic N) is 3. The van der Waals surface area contributed by atoms with Crippen LogP contribution in [0.4, 0.5) is 0 Å². The van der Waals surface area contributed by atoms with Gasteiger partial charge in [-0.25, -0.2) is 0 Å². The van der Waals surface area contributed by atoms with Gasteiger partial charge in [0, 0.05) is 4.91 Å². The van der Waals surface area contributed by atoms with Crippen molar-refractivity contribution in [2.45, 2.75) is 13.0 Å². The number of azide groups is 1. The summed E-state index contributed by atoms with van der Waals surface area (Å²) in [5, 5.41) is 5.76.